The second-order valence-electron chi connectivity index (χ2n) is 2.26. The molecular weight excluding hydrogens is 164 g/mol. The maximum Gasteiger partial charge on any atom is 0.146 e. The summed E-state index contributed by atoms with van der Waals surface area (Å²) in [5.74, 6) is 0. The quantitative estimate of drug-likeness (QED) is 0.634. The van der Waals surface area contributed by atoms with Crippen molar-refractivity contribution in [2.45, 2.75) is 0 Å². The van der Waals surface area contributed by atoms with Crippen molar-refractivity contribution in [3.63, 3.8) is 0 Å². The van der Waals surface area contributed by atoms with Gasteiger partial charge in [0.1, 0.15) is 23.2 Å². The van der Waals surface area contributed by atoms with Gasteiger partial charge in [-0.25, -0.2) is 0 Å². The Kier molecular flexibility index (Phi) is 2.62. The molecule has 0 saturated heterocycles. The van der Waals surface area contributed by atoms with Crippen LogP contribution >= 0.6 is 0 Å². The number of hydrogen-bond donors (Lipinski definition) is 1. The Morgan fingerprint density at radius 2 is 2.08 bits per heavy atom. The molecule has 0 fully saturated rings. The molecule has 0 aliphatic carbocycles. The van der Waals surface area contributed by atoms with Crippen LogP contribution in [0.2, 0.25) is 0 Å². The van der Waals surface area contributed by atoms with Crippen LogP contribution < -0.4 is 5.49 Å². The third-order valence-corrected chi connectivity index (χ3v) is 1.40. The minimum Gasteiger partial charge on any atom is -0.307 e. The topological polar surface area (TPSA) is 76.4 Å². The van der Waals surface area contributed by atoms with Gasteiger partial charge >= 0.3 is 0 Å². The monoisotopic (exact) mass is 170 g/mol. The molecule has 1 N–H and O–H groups in total. The zero-order valence-electron chi connectivity index (χ0n) is 6.73. The van der Waals surface area contributed by atoms with Crippen LogP contribution in [0, 0.1) is 28.1 Å². The lowest BCUT2D eigenvalue weighted by Crippen LogP contribution is -2.12. The number of hydrogen-bond acceptors (Lipinski definition) is 3. The van der Waals surface area contributed by atoms with E-state index in [1.807, 2.05) is 0 Å². The van der Waals surface area contributed by atoms with E-state index in [1.54, 1.807) is 36.5 Å². The predicted molar refractivity (Wildman–Crippen MR) is 45.8 cm³/mol. The lowest BCUT2D eigenvalue weighted by molar-refractivity contribution is 0.973. The molecule has 62 valence electrons. The zero-order chi connectivity index (χ0) is 9.68. The fourth-order valence-corrected chi connectivity index (χ4v) is 0.790. The second-order valence-corrected chi connectivity index (χ2v) is 2.26. The summed E-state index contributed by atoms with van der Waals surface area (Å²) in [4.78, 5) is 0. The van der Waals surface area contributed by atoms with Gasteiger partial charge in [0.15, 0.2) is 0 Å². The Morgan fingerprint density at radius 3 is 2.62 bits per heavy atom. The smallest absolute Gasteiger partial charge is 0.146 e. The van der Waals surface area contributed by atoms with Gasteiger partial charge in [0, 0.05) is 12.4 Å². The van der Waals surface area contributed by atoms with Crippen LogP contribution in [0.5, 0.6) is 0 Å². The summed E-state index contributed by atoms with van der Waals surface area (Å²) in [6, 6.07) is 8.46. The molecular formula is C9H6N4. The molecule has 4 nitrogen and oxygen atoms in total. The first-order valence-corrected chi connectivity index (χ1v) is 3.51. The third kappa shape index (κ3) is 2.05. The lowest BCUT2D eigenvalue weighted by Gasteiger charge is -1.96. The molecule has 1 aromatic rings. The maximum atomic E-state index is 8.46. The first-order chi connectivity index (χ1) is 6.27. The standard InChI is InChI=1S/C9H6N4/c10-5-8(6-11)7-13-4-2-1-3-9(13)12/h1-4,7,12H. The largest absolute Gasteiger partial charge is 0.307 e. The summed E-state index contributed by atoms with van der Waals surface area (Å²) in [5, 5.41) is 24.3. The van der Waals surface area contributed by atoms with Gasteiger partial charge in [0.05, 0.1) is 0 Å². The SMILES string of the molecule is N#CC(C#N)=Cn1ccccc1=N. The Labute approximate surface area is 75.1 Å². The van der Waals surface area contributed by atoms with Crippen molar-refractivity contribution in [1.29, 1.82) is 15.9 Å². The summed E-state index contributed by atoms with van der Waals surface area (Å²) in [6.07, 6.45) is 2.93. The van der Waals surface area contributed by atoms with Gasteiger partial charge in [0.25, 0.3) is 0 Å². The molecule has 0 bridgehead atoms. The van der Waals surface area contributed by atoms with Crippen molar-refractivity contribution >= 4 is 6.20 Å². The molecule has 1 heterocycles. The average Bonchev–Trinajstić information content (AvgIpc) is 2.17. The van der Waals surface area contributed by atoms with E-state index >= 15 is 0 Å². The van der Waals surface area contributed by atoms with E-state index in [-0.39, 0.29) is 11.1 Å². The molecule has 0 atom stereocenters. The number of rotatable bonds is 1. The number of nitrogens with zero attached hydrogens (tertiary/aromatic N) is 3. The molecule has 0 unspecified atom stereocenters. The van der Waals surface area contributed by atoms with E-state index in [0.29, 0.717) is 0 Å². The number of nitriles is 2. The molecule has 0 saturated carbocycles. The lowest BCUT2D eigenvalue weighted by atomic mass is 10.3. The number of pyridine rings is 1. The van der Waals surface area contributed by atoms with Gasteiger partial charge < -0.3 is 4.57 Å². The second kappa shape index (κ2) is 3.89. The Bertz CT molecular complexity index is 451. The van der Waals surface area contributed by atoms with E-state index < -0.39 is 0 Å². The Hall–Kier alpha value is -2.33. The van der Waals surface area contributed by atoms with Crippen molar-refractivity contribution in [1.82, 2.24) is 4.57 Å². The fourth-order valence-electron chi connectivity index (χ4n) is 0.790. The first-order valence-electron chi connectivity index (χ1n) is 3.51. The molecule has 0 spiro atoms. The van der Waals surface area contributed by atoms with Crippen LogP contribution in [0.25, 0.3) is 6.20 Å². The highest BCUT2D eigenvalue weighted by Gasteiger charge is 1.91. The van der Waals surface area contributed by atoms with Crippen LogP contribution in [0.4, 0.5) is 0 Å². The molecule has 0 aliphatic rings. The van der Waals surface area contributed by atoms with E-state index in [0.717, 1.165) is 0 Å². The van der Waals surface area contributed by atoms with E-state index in [4.69, 9.17) is 15.9 Å². The number of allylic oxidation sites excluding steroid dienone is 1. The molecule has 1 rings (SSSR count). The molecule has 13 heavy (non-hydrogen) atoms. The van der Waals surface area contributed by atoms with E-state index in [1.165, 1.54) is 10.8 Å². The minimum atomic E-state index is -0.0234. The summed E-state index contributed by atoms with van der Waals surface area (Å²) < 4.78 is 1.40. The molecule has 0 radical (unpaired) electrons. The van der Waals surface area contributed by atoms with Gasteiger partial charge in [-0.15, -0.1) is 0 Å². The molecule has 0 amide bonds. The predicted octanol–water partition coefficient (Wildman–Crippen LogP) is 0.856. The van der Waals surface area contributed by atoms with Crippen molar-refractivity contribution in [2.75, 3.05) is 0 Å². The van der Waals surface area contributed by atoms with Gasteiger partial charge in [0.2, 0.25) is 0 Å². The first kappa shape index (κ1) is 8.76. The highest BCUT2D eigenvalue weighted by Crippen LogP contribution is 1.91. The highest BCUT2D eigenvalue weighted by atomic mass is 14.9. The molecule has 1 aromatic heterocycles. The highest BCUT2D eigenvalue weighted by molar-refractivity contribution is 5.49. The fraction of sp³-hybridized carbons (Fsp3) is 0. The van der Waals surface area contributed by atoms with Crippen molar-refractivity contribution in [3.05, 3.63) is 35.5 Å². The van der Waals surface area contributed by atoms with Crippen LogP contribution in [0.1, 0.15) is 0 Å². The van der Waals surface area contributed by atoms with Crippen LogP contribution in [-0.2, 0) is 0 Å². The average molecular weight is 170 g/mol. The van der Waals surface area contributed by atoms with Crippen LogP contribution in [0.15, 0.2) is 30.0 Å². The van der Waals surface area contributed by atoms with Crippen LogP contribution in [0.3, 0.4) is 0 Å². The minimum absolute atomic E-state index is 0.0234. The van der Waals surface area contributed by atoms with Crippen molar-refractivity contribution in [3.8, 4) is 12.1 Å². The summed E-state index contributed by atoms with van der Waals surface area (Å²) in [7, 11) is 0. The van der Waals surface area contributed by atoms with Crippen molar-refractivity contribution < 1.29 is 0 Å². The summed E-state index contributed by atoms with van der Waals surface area (Å²) in [5.41, 5.74) is 0.204. The van der Waals surface area contributed by atoms with Crippen LogP contribution in [-0.4, -0.2) is 4.57 Å². The van der Waals surface area contributed by atoms with Crippen molar-refractivity contribution in [2.24, 2.45) is 0 Å². The summed E-state index contributed by atoms with van der Waals surface area (Å²) >= 11 is 0. The molecule has 0 aromatic carbocycles. The Morgan fingerprint density at radius 1 is 1.38 bits per heavy atom. The third-order valence-electron chi connectivity index (χ3n) is 1.40. The van der Waals surface area contributed by atoms with Gasteiger partial charge in [-0.3, -0.25) is 5.41 Å². The van der Waals surface area contributed by atoms with Gasteiger partial charge in [-0.2, -0.15) is 10.5 Å². The molecule has 0 aliphatic heterocycles. The van der Waals surface area contributed by atoms with E-state index in [9.17, 15) is 0 Å². The van der Waals surface area contributed by atoms with Gasteiger partial charge in [-0.1, -0.05) is 6.07 Å². The molecule has 4 heteroatoms. The van der Waals surface area contributed by atoms with Gasteiger partial charge in [-0.05, 0) is 12.1 Å². The van der Waals surface area contributed by atoms with E-state index in [2.05, 4.69) is 0 Å². The normalized spacial score (nSPS) is 8.15. The number of aromatic nitrogens is 1. The maximum absolute atomic E-state index is 8.46. The Balaban J connectivity index is 3.22. The zero-order valence-corrected chi connectivity index (χ0v) is 6.73. The summed E-state index contributed by atoms with van der Waals surface area (Å²) in [6.45, 7) is 0. The number of nitrogens with one attached hydrogen (secondary N) is 1.